The molecular weight excluding hydrogens is 204 g/mol. The molecule has 0 spiro atoms. The maximum atomic E-state index is 12.1. The average molecular weight is 222 g/mol. The van der Waals surface area contributed by atoms with E-state index in [0.717, 1.165) is 38.1 Å². The molecule has 1 atom stereocenters. The fraction of sp³-hybridized carbons (Fsp3) is 0.727. The molecule has 5 heteroatoms. The number of aryl methyl sites for hydroxylation is 1. The zero-order valence-electron chi connectivity index (χ0n) is 9.86. The first-order valence-electron chi connectivity index (χ1n) is 5.94. The molecule has 88 valence electrons. The normalized spacial score (nSPS) is 20.4. The Morgan fingerprint density at radius 2 is 2.44 bits per heavy atom. The maximum Gasteiger partial charge on any atom is 0.293 e. The van der Waals surface area contributed by atoms with Crippen LogP contribution >= 0.6 is 0 Å². The minimum Gasteiger partial charge on any atom is -0.333 e. The number of H-pyrrole nitrogens is 1. The highest BCUT2D eigenvalue weighted by atomic mass is 16.2. The zero-order valence-corrected chi connectivity index (χ0v) is 9.86. The van der Waals surface area contributed by atoms with Gasteiger partial charge in [0.2, 0.25) is 5.82 Å². The lowest BCUT2D eigenvalue weighted by Gasteiger charge is -2.19. The molecule has 0 aromatic carbocycles. The molecule has 1 N–H and O–H groups in total. The van der Waals surface area contributed by atoms with Crippen molar-refractivity contribution >= 4 is 5.91 Å². The molecule has 0 saturated carbocycles. The highest BCUT2D eigenvalue weighted by Gasteiger charge is 2.28. The van der Waals surface area contributed by atoms with Gasteiger partial charge in [-0.1, -0.05) is 6.92 Å². The van der Waals surface area contributed by atoms with Crippen molar-refractivity contribution in [2.45, 2.75) is 45.6 Å². The molecule has 2 rings (SSSR count). The van der Waals surface area contributed by atoms with Gasteiger partial charge in [0.25, 0.3) is 5.91 Å². The summed E-state index contributed by atoms with van der Waals surface area (Å²) in [7, 11) is 0. The summed E-state index contributed by atoms with van der Waals surface area (Å²) >= 11 is 0. The largest absolute Gasteiger partial charge is 0.333 e. The number of amides is 1. The summed E-state index contributed by atoms with van der Waals surface area (Å²) in [6, 6.07) is 0.320. The van der Waals surface area contributed by atoms with Crippen LogP contribution in [0.15, 0.2) is 0 Å². The molecule has 1 aliphatic heterocycles. The minimum atomic E-state index is -0.0383. The summed E-state index contributed by atoms with van der Waals surface area (Å²) in [5.74, 6) is 1.08. The van der Waals surface area contributed by atoms with Crippen LogP contribution in [0.1, 0.15) is 49.6 Å². The van der Waals surface area contributed by atoms with E-state index in [2.05, 4.69) is 29.0 Å². The van der Waals surface area contributed by atoms with Crippen LogP contribution in [0.3, 0.4) is 0 Å². The number of nitrogens with zero attached hydrogens (tertiary/aromatic N) is 3. The number of hydrogen-bond acceptors (Lipinski definition) is 3. The van der Waals surface area contributed by atoms with Gasteiger partial charge in [-0.05, 0) is 26.2 Å². The van der Waals surface area contributed by atoms with E-state index in [1.807, 2.05) is 4.90 Å². The lowest BCUT2D eigenvalue weighted by molar-refractivity contribution is 0.0735. The Balaban J connectivity index is 2.08. The third-order valence-electron chi connectivity index (χ3n) is 3.02. The number of aromatic nitrogens is 3. The van der Waals surface area contributed by atoms with Gasteiger partial charge in [0.05, 0.1) is 0 Å². The van der Waals surface area contributed by atoms with Crippen LogP contribution < -0.4 is 0 Å². The minimum absolute atomic E-state index is 0.0383. The van der Waals surface area contributed by atoms with E-state index >= 15 is 0 Å². The van der Waals surface area contributed by atoms with E-state index in [0.29, 0.717) is 11.9 Å². The summed E-state index contributed by atoms with van der Waals surface area (Å²) in [6.45, 7) is 4.98. The standard InChI is InChI=1S/C11H18N4O/c1-3-5-9-12-10(14-13-9)11(16)15-7-4-6-8(15)2/h8H,3-7H2,1-2H3,(H,12,13,14). The predicted octanol–water partition coefficient (Wildman–Crippen LogP) is 1.38. The van der Waals surface area contributed by atoms with Crippen LogP contribution in [0, 0.1) is 0 Å². The second kappa shape index (κ2) is 4.63. The van der Waals surface area contributed by atoms with Crippen molar-refractivity contribution in [1.82, 2.24) is 20.1 Å². The summed E-state index contributed by atoms with van der Waals surface area (Å²) in [4.78, 5) is 18.1. The first kappa shape index (κ1) is 11.1. The van der Waals surface area contributed by atoms with Crippen LogP contribution in [-0.4, -0.2) is 38.6 Å². The van der Waals surface area contributed by atoms with Crippen molar-refractivity contribution in [2.75, 3.05) is 6.54 Å². The molecule has 2 heterocycles. The Morgan fingerprint density at radius 3 is 3.06 bits per heavy atom. The average Bonchev–Trinajstić information content (AvgIpc) is 2.87. The molecule has 0 radical (unpaired) electrons. The van der Waals surface area contributed by atoms with Crippen LogP contribution in [0.25, 0.3) is 0 Å². The zero-order chi connectivity index (χ0) is 11.5. The third-order valence-corrected chi connectivity index (χ3v) is 3.02. The van der Waals surface area contributed by atoms with Gasteiger partial charge in [-0.25, -0.2) is 4.98 Å². The molecule has 1 aliphatic rings. The maximum absolute atomic E-state index is 12.1. The van der Waals surface area contributed by atoms with Gasteiger partial charge in [0.15, 0.2) is 0 Å². The second-order valence-electron chi connectivity index (χ2n) is 4.35. The summed E-state index contributed by atoms with van der Waals surface area (Å²) in [5, 5.41) is 6.80. The number of carbonyl (C=O) groups excluding carboxylic acids is 1. The Morgan fingerprint density at radius 1 is 1.62 bits per heavy atom. The van der Waals surface area contributed by atoms with E-state index in [-0.39, 0.29) is 5.91 Å². The predicted molar refractivity (Wildman–Crippen MR) is 60.1 cm³/mol. The van der Waals surface area contributed by atoms with Gasteiger partial charge in [-0.15, -0.1) is 5.10 Å². The smallest absolute Gasteiger partial charge is 0.293 e. The van der Waals surface area contributed by atoms with Gasteiger partial charge in [-0.2, -0.15) is 0 Å². The third kappa shape index (κ3) is 2.08. The molecule has 16 heavy (non-hydrogen) atoms. The van der Waals surface area contributed by atoms with Crippen LogP contribution in [-0.2, 0) is 6.42 Å². The molecule has 1 fully saturated rings. The Kier molecular flexibility index (Phi) is 3.22. The summed E-state index contributed by atoms with van der Waals surface area (Å²) in [6.07, 6.45) is 4.01. The van der Waals surface area contributed by atoms with Gasteiger partial charge in [0.1, 0.15) is 5.82 Å². The number of hydrogen-bond donors (Lipinski definition) is 1. The SMILES string of the molecule is CCCc1nc(C(=O)N2CCCC2C)n[nH]1. The number of nitrogens with one attached hydrogen (secondary N) is 1. The van der Waals surface area contributed by atoms with Crippen LogP contribution in [0.5, 0.6) is 0 Å². The molecule has 0 bridgehead atoms. The second-order valence-corrected chi connectivity index (χ2v) is 4.35. The van der Waals surface area contributed by atoms with Gasteiger partial charge >= 0.3 is 0 Å². The van der Waals surface area contributed by atoms with Crippen molar-refractivity contribution < 1.29 is 4.79 Å². The Labute approximate surface area is 95.2 Å². The fourth-order valence-electron chi connectivity index (χ4n) is 2.10. The fourth-order valence-corrected chi connectivity index (χ4v) is 2.10. The monoisotopic (exact) mass is 222 g/mol. The quantitative estimate of drug-likeness (QED) is 0.840. The number of carbonyl (C=O) groups is 1. The topological polar surface area (TPSA) is 61.9 Å². The van der Waals surface area contributed by atoms with Gasteiger partial charge < -0.3 is 4.90 Å². The molecule has 1 aromatic rings. The summed E-state index contributed by atoms with van der Waals surface area (Å²) < 4.78 is 0. The molecule has 5 nitrogen and oxygen atoms in total. The highest BCUT2D eigenvalue weighted by molar-refractivity contribution is 5.90. The van der Waals surface area contributed by atoms with Crippen LogP contribution in [0.4, 0.5) is 0 Å². The Bertz CT molecular complexity index is 374. The van der Waals surface area contributed by atoms with Gasteiger partial charge in [-0.3, -0.25) is 9.89 Å². The van der Waals surface area contributed by atoms with E-state index < -0.39 is 0 Å². The lowest BCUT2D eigenvalue weighted by atomic mass is 10.2. The lowest BCUT2D eigenvalue weighted by Crippen LogP contribution is -2.34. The molecule has 1 unspecified atom stereocenters. The summed E-state index contributed by atoms with van der Waals surface area (Å²) in [5.41, 5.74) is 0. The number of rotatable bonds is 3. The van der Waals surface area contributed by atoms with Crippen molar-refractivity contribution in [3.05, 3.63) is 11.6 Å². The number of aromatic amines is 1. The molecule has 1 saturated heterocycles. The molecule has 1 amide bonds. The molecule has 0 aliphatic carbocycles. The van der Waals surface area contributed by atoms with Crippen molar-refractivity contribution in [2.24, 2.45) is 0 Å². The Hall–Kier alpha value is -1.39. The van der Waals surface area contributed by atoms with Crippen molar-refractivity contribution in [3.8, 4) is 0 Å². The highest BCUT2D eigenvalue weighted by Crippen LogP contribution is 2.18. The molecular formula is C11H18N4O. The van der Waals surface area contributed by atoms with E-state index in [1.165, 1.54) is 0 Å². The van der Waals surface area contributed by atoms with Crippen molar-refractivity contribution in [1.29, 1.82) is 0 Å². The first-order chi connectivity index (χ1) is 7.72. The van der Waals surface area contributed by atoms with E-state index in [4.69, 9.17) is 0 Å². The van der Waals surface area contributed by atoms with Crippen molar-refractivity contribution in [3.63, 3.8) is 0 Å². The van der Waals surface area contributed by atoms with Gasteiger partial charge in [0, 0.05) is 19.0 Å². The molecule has 1 aromatic heterocycles. The number of likely N-dealkylation sites (tertiary alicyclic amines) is 1. The first-order valence-corrected chi connectivity index (χ1v) is 5.94. The van der Waals surface area contributed by atoms with E-state index in [1.54, 1.807) is 0 Å². The van der Waals surface area contributed by atoms with E-state index in [9.17, 15) is 4.79 Å². The van der Waals surface area contributed by atoms with Crippen LogP contribution in [0.2, 0.25) is 0 Å².